The molecule has 0 saturated heterocycles. The summed E-state index contributed by atoms with van der Waals surface area (Å²) in [6.07, 6.45) is 4.36. The summed E-state index contributed by atoms with van der Waals surface area (Å²) in [6, 6.07) is 4.19. The van der Waals surface area contributed by atoms with E-state index in [1.54, 1.807) is 6.20 Å². The van der Waals surface area contributed by atoms with Gasteiger partial charge in [-0.25, -0.2) is 14.4 Å². The van der Waals surface area contributed by atoms with Crippen LogP contribution in [0.2, 0.25) is 5.15 Å². The van der Waals surface area contributed by atoms with Crippen molar-refractivity contribution in [3.05, 3.63) is 63.5 Å². The summed E-state index contributed by atoms with van der Waals surface area (Å²) in [5, 5.41) is 0.182. The molecule has 2 heterocycles. The van der Waals surface area contributed by atoms with Gasteiger partial charge >= 0.3 is 0 Å². The SMILES string of the molecule is O=C(c1cc(Br)ccc1F)c1cnc2c(Cl)nccn12. The number of carbonyl (C=O) groups is 1. The molecule has 3 rings (SSSR count). The monoisotopic (exact) mass is 353 g/mol. The largest absolute Gasteiger partial charge is 0.293 e. The lowest BCUT2D eigenvalue weighted by Crippen LogP contribution is -2.07. The molecule has 2 aromatic heterocycles. The van der Waals surface area contributed by atoms with E-state index in [0.717, 1.165) is 0 Å². The lowest BCUT2D eigenvalue weighted by molar-refractivity contribution is 0.102. The molecule has 0 N–H and O–H groups in total. The van der Waals surface area contributed by atoms with E-state index in [1.165, 1.54) is 35.0 Å². The normalized spacial score (nSPS) is 10.9. The van der Waals surface area contributed by atoms with Crippen LogP contribution in [0.5, 0.6) is 0 Å². The molecule has 0 unspecified atom stereocenters. The van der Waals surface area contributed by atoms with Crippen LogP contribution in [0.1, 0.15) is 16.1 Å². The maximum atomic E-state index is 13.8. The van der Waals surface area contributed by atoms with Crippen LogP contribution in [-0.4, -0.2) is 20.2 Å². The molecule has 0 aliphatic rings. The Morgan fingerprint density at radius 2 is 2.15 bits per heavy atom. The number of halogens is 3. The van der Waals surface area contributed by atoms with Gasteiger partial charge in [0.2, 0.25) is 5.78 Å². The fourth-order valence-corrected chi connectivity index (χ4v) is 2.42. The molecule has 0 bridgehead atoms. The van der Waals surface area contributed by atoms with Crippen molar-refractivity contribution in [2.75, 3.05) is 0 Å². The number of ketones is 1. The number of benzene rings is 1. The summed E-state index contributed by atoms with van der Waals surface area (Å²) < 4.78 is 15.9. The minimum Gasteiger partial charge on any atom is -0.293 e. The van der Waals surface area contributed by atoms with Gasteiger partial charge in [-0.1, -0.05) is 27.5 Å². The third-order valence-corrected chi connectivity index (χ3v) is 3.55. The van der Waals surface area contributed by atoms with E-state index in [2.05, 4.69) is 25.9 Å². The molecule has 0 saturated carbocycles. The summed E-state index contributed by atoms with van der Waals surface area (Å²) in [6.45, 7) is 0. The number of imidazole rings is 1. The summed E-state index contributed by atoms with van der Waals surface area (Å²) in [7, 11) is 0. The summed E-state index contributed by atoms with van der Waals surface area (Å²) in [5.74, 6) is -1.06. The average Bonchev–Trinajstić information content (AvgIpc) is 2.86. The van der Waals surface area contributed by atoms with Crippen molar-refractivity contribution in [1.29, 1.82) is 0 Å². The minimum atomic E-state index is -0.590. The smallest absolute Gasteiger partial charge is 0.214 e. The van der Waals surface area contributed by atoms with E-state index in [9.17, 15) is 9.18 Å². The van der Waals surface area contributed by atoms with Gasteiger partial charge in [0.25, 0.3) is 0 Å². The molecular formula is C13H6BrClFN3O. The van der Waals surface area contributed by atoms with Gasteiger partial charge in [-0.2, -0.15) is 0 Å². The van der Waals surface area contributed by atoms with Crippen LogP contribution in [0.25, 0.3) is 5.65 Å². The Bertz CT molecular complexity index is 834. The summed E-state index contributed by atoms with van der Waals surface area (Å²) >= 11 is 9.11. The second-order valence-electron chi connectivity index (χ2n) is 4.01. The third-order valence-electron chi connectivity index (χ3n) is 2.79. The van der Waals surface area contributed by atoms with Crippen LogP contribution in [-0.2, 0) is 0 Å². The van der Waals surface area contributed by atoms with E-state index in [1.807, 2.05) is 0 Å². The molecule has 0 atom stereocenters. The lowest BCUT2D eigenvalue weighted by Gasteiger charge is -2.03. The highest BCUT2D eigenvalue weighted by atomic mass is 79.9. The van der Waals surface area contributed by atoms with Gasteiger partial charge < -0.3 is 0 Å². The molecule has 7 heteroatoms. The van der Waals surface area contributed by atoms with Gasteiger partial charge in [-0.15, -0.1) is 0 Å². The number of carbonyl (C=O) groups excluding carboxylic acids is 1. The highest BCUT2D eigenvalue weighted by Crippen LogP contribution is 2.21. The summed E-state index contributed by atoms with van der Waals surface area (Å²) in [5.41, 5.74) is 0.545. The maximum Gasteiger partial charge on any atom is 0.214 e. The molecule has 0 fully saturated rings. The molecule has 3 aromatic rings. The Morgan fingerprint density at radius 3 is 2.95 bits per heavy atom. The second-order valence-corrected chi connectivity index (χ2v) is 5.28. The zero-order chi connectivity index (χ0) is 14.3. The van der Waals surface area contributed by atoms with E-state index < -0.39 is 11.6 Å². The van der Waals surface area contributed by atoms with Crippen LogP contribution in [0.4, 0.5) is 4.39 Å². The molecule has 1 aromatic carbocycles. The van der Waals surface area contributed by atoms with Crippen LogP contribution >= 0.6 is 27.5 Å². The Morgan fingerprint density at radius 1 is 1.35 bits per heavy atom. The zero-order valence-corrected chi connectivity index (χ0v) is 12.2. The fourth-order valence-electron chi connectivity index (χ4n) is 1.87. The Kier molecular flexibility index (Phi) is 3.27. The average molecular weight is 355 g/mol. The molecule has 0 aliphatic heterocycles. The first-order valence-corrected chi connectivity index (χ1v) is 6.72. The first-order chi connectivity index (χ1) is 9.58. The number of nitrogens with zero attached hydrogens (tertiary/aromatic N) is 3. The fraction of sp³-hybridized carbons (Fsp3) is 0. The van der Waals surface area contributed by atoms with Gasteiger partial charge in [-0.05, 0) is 18.2 Å². The number of aromatic nitrogens is 3. The topological polar surface area (TPSA) is 47.3 Å². The van der Waals surface area contributed by atoms with Crippen LogP contribution in [0.15, 0.2) is 41.3 Å². The molecule has 100 valence electrons. The predicted molar refractivity (Wildman–Crippen MR) is 75.5 cm³/mol. The van der Waals surface area contributed by atoms with E-state index in [4.69, 9.17) is 11.6 Å². The van der Waals surface area contributed by atoms with Gasteiger partial charge in [-0.3, -0.25) is 9.20 Å². The van der Waals surface area contributed by atoms with Crippen LogP contribution in [0.3, 0.4) is 0 Å². The molecule has 4 nitrogen and oxygen atoms in total. The Balaban J connectivity index is 2.18. The predicted octanol–water partition coefficient (Wildman–Crippen LogP) is 3.52. The van der Waals surface area contributed by atoms with Crippen molar-refractivity contribution in [2.24, 2.45) is 0 Å². The zero-order valence-electron chi connectivity index (χ0n) is 9.85. The van der Waals surface area contributed by atoms with E-state index in [-0.39, 0.29) is 16.4 Å². The van der Waals surface area contributed by atoms with Crippen molar-refractivity contribution >= 4 is 39.0 Å². The van der Waals surface area contributed by atoms with Crippen molar-refractivity contribution < 1.29 is 9.18 Å². The number of rotatable bonds is 2. The van der Waals surface area contributed by atoms with Gasteiger partial charge in [0.1, 0.15) is 11.5 Å². The first-order valence-electron chi connectivity index (χ1n) is 5.55. The number of hydrogen-bond acceptors (Lipinski definition) is 3. The van der Waals surface area contributed by atoms with E-state index >= 15 is 0 Å². The lowest BCUT2D eigenvalue weighted by atomic mass is 10.1. The standard InChI is InChI=1S/C13H6BrClFN3O/c14-7-1-2-9(16)8(5-7)11(20)10-6-18-13-12(15)17-3-4-19(10)13/h1-6H. The number of fused-ring (bicyclic) bond motifs is 1. The summed E-state index contributed by atoms with van der Waals surface area (Å²) in [4.78, 5) is 20.3. The van der Waals surface area contributed by atoms with Gasteiger partial charge in [0.05, 0.1) is 11.8 Å². The molecule has 0 amide bonds. The highest BCUT2D eigenvalue weighted by Gasteiger charge is 2.19. The first kappa shape index (κ1) is 13.2. The second kappa shape index (κ2) is 4.96. The van der Waals surface area contributed by atoms with Crippen LogP contribution in [0, 0.1) is 5.82 Å². The van der Waals surface area contributed by atoms with Crippen molar-refractivity contribution in [3.8, 4) is 0 Å². The molecular weight excluding hydrogens is 349 g/mol. The third kappa shape index (κ3) is 2.10. The quantitative estimate of drug-likeness (QED) is 0.662. The number of hydrogen-bond donors (Lipinski definition) is 0. The van der Waals surface area contributed by atoms with E-state index in [0.29, 0.717) is 10.1 Å². The van der Waals surface area contributed by atoms with Crippen LogP contribution < -0.4 is 0 Å². The van der Waals surface area contributed by atoms with Gasteiger partial charge in [0, 0.05) is 16.9 Å². The van der Waals surface area contributed by atoms with Crippen molar-refractivity contribution in [2.45, 2.75) is 0 Å². The van der Waals surface area contributed by atoms with Crippen molar-refractivity contribution in [1.82, 2.24) is 14.4 Å². The minimum absolute atomic E-state index is 0.0332. The molecule has 20 heavy (non-hydrogen) atoms. The maximum absolute atomic E-state index is 13.8. The van der Waals surface area contributed by atoms with Crippen molar-refractivity contribution in [3.63, 3.8) is 0 Å². The Labute approximate surface area is 126 Å². The molecule has 0 radical (unpaired) electrons. The Hall–Kier alpha value is -1.79. The molecule has 0 aliphatic carbocycles. The highest BCUT2D eigenvalue weighted by molar-refractivity contribution is 9.10. The molecule has 0 spiro atoms. The van der Waals surface area contributed by atoms with Gasteiger partial charge in [0.15, 0.2) is 10.8 Å².